The molecule has 11 nitrogen and oxygen atoms in total. The van der Waals surface area contributed by atoms with Crippen LogP contribution in [0.1, 0.15) is 27.7 Å². The highest BCUT2D eigenvalue weighted by Crippen LogP contribution is 1.83. The minimum Gasteiger partial charge on any atom is -0.481 e. The summed E-state index contributed by atoms with van der Waals surface area (Å²) in [5, 5.41) is 42.4. The van der Waals surface area contributed by atoms with Crippen LogP contribution in [-0.2, 0) is 14.4 Å². The van der Waals surface area contributed by atoms with Crippen LogP contribution in [0.4, 0.5) is 0 Å². The number of hydrogen-bond donors (Lipinski definition) is 6. The van der Waals surface area contributed by atoms with Gasteiger partial charge in [-0.05, 0) is 0 Å². The third kappa shape index (κ3) is 99.4. The number of hydrogen-bond acceptors (Lipinski definition) is 8. The summed E-state index contributed by atoms with van der Waals surface area (Å²) < 4.78 is 0. The second-order valence-corrected chi connectivity index (χ2v) is 3.85. The molecular formula is C12H29N3O8. The van der Waals surface area contributed by atoms with Crippen molar-refractivity contribution in [1.82, 2.24) is 10.1 Å². The molecule has 7 N–H and O–H groups in total. The Morgan fingerprint density at radius 1 is 0.783 bits per heavy atom. The van der Waals surface area contributed by atoms with Gasteiger partial charge in [0.05, 0.1) is 0 Å². The molecule has 0 radical (unpaired) electrons. The zero-order valence-corrected chi connectivity index (χ0v) is 14.0. The summed E-state index contributed by atoms with van der Waals surface area (Å²) in [6.07, 6.45) is 0. The molecule has 0 bridgehead atoms. The Labute approximate surface area is 135 Å². The maximum absolute atomic E-state index is 9.01. The maximum atomic E-state index is 9.01. The molecule has 0 amide bonds. The molecule has 11 heteroatoms. The first kappa shape index (κ1) is 29.2. The summed E-state index contributed by atoms with van der Waals surface area (Å²) in [6, 6.07) is 0. The summed E-state index contributed by atoms with van der Waals surface area (Å²) in [7, 11) is 0. The summed E-state index contributed by atoms with van der Waals surface area (Å²) in [5.74, 6) is -2.50. The predicted octanol–water partition coefficient (Wildman–Crippen LogP) is -0.380. The Morgan fingerprint density at radius 3 is 1.26 bits per heavy atom. The van der Waals surface area contributed by atoms with Crippen LogP contribution in [0.15, 0.2) is 0 Å². The van der Waals surface area contributed by atoms with Crippen molar-refractivity contribution in [3.63, 3.8) is 0 Å². The lowest BCUT2D eigenvalue weighted by atomic mass is 10.5. The molecule has 140 valence electrons. The molecule has 0 aliphatic rings. The van der Waals surface area contributed by atoms with Gasteiger partial charge in [0, 0.05) is 53.5 Å². The third-order valence-corrected chi connectivity index (χ3v) is 1.37. The van der Waals surface area contributed by atoms with Crippen LogP contribution < -0.4 is 5.73 Å². The summed E-state index contributed by atoms with van der Waals surface area (Å²) in [4.78, 5) is 27.0. The van der Waals surface area contributed by atoms with Crippen LogP contribution >= 0.6 is 0 Å². The van der Waals surface area contributed by atoms with Crippen molar-refractivity contribution >= 4 is 17.9 Å². The van der Waals surface area contributed by atoms with Gasteiger partial charge in [-0.2, -0.15) is 10.1 Å². The highest BCUT2D eigenvalue weighted by atomic mass is 16.5. The van der Waals surface area contributed by atoms with E-state index in [4.69, 9.17) is 45.9 Å². The quantitative estimate of drug-likeness (QED) is 0.345. The Balaban J connectivity index is -0.000000124. The zero-order valence-electron chi connectivity index (χ0n) is 14.0. The summed E-state index contributed by atoms with van der Waals surface area (Å²) in [5.41, 5.74) is 5.19. The number of carboxylic acids is 3. The highest BCUT2D eigenvalue weighted by Gasteiger charge is 2.01. The van der Waals surface area contributed by atoms with Gasteiger partial charge < -0.3 is 31.5 Å². The van der Waals surface area contributed by atoms with Crippen molar-refractivity contribution < 1.29 is 40.1 Å². The lowest BCUT2D eigenvalue weighted by Gasteiger charge is -2.17. The SMILES string of the molecule is CC(=O)O.CC(=O)O.CC(=O)O.CCN(O)CCN(O)CCN. The molecule has 0 unspecified atom stereocenters. The van der Waals surface area contributed by atoms with Gasteiger partial charge in [-0.1, -0.05) is 6.92 Å². The second kappa shape index (κ2) is 22.5. The minimum atomic E-state index is -0.833. The Bertz CT molecular complexity index is 262. The van der Waals surface area contributed by atoms with E-state index < -0.39 is 17.9 Å². The average molecular weight is 343 g/mol. The van der Waals surface area contributed by atoms with Gasteiger partial charge in [0.2, 0.25) is 0 Å². The van der Waals surface area contributed by atoms with Crippen molar-refractivity contribution in [1.29, 1.82) is 0 Å². The van der Waals surface area contributed by atoms with E-state index in [-0.39, 0.29) is 0 Å². The van der Waals surface area contributed by atoms with Crippen LogP contribution in [0.25, 0.3) is 0 Å². The van der Waals surface area contributed by atoms with Crippen LogP contribution in [0.5, 0.6) is 0 Å². The van der Waals surface area contributed by atoms with E-state index in [1.165, 1.54) is 0 Å². The first-order valence-corrected chi connectivity index (χ1v) is 6.56. The maximum Gasteiger partial charge on any atom is 0.300 e. The predicted molar refractivity (Wildman–Crippen MR) is 81.4 cm³/mol. The number of rotatable bonds is 6. The second-order valence-electron chi connectivity index (χ2n) is 3.85. The largest absolute Gasteiger partial charge is 0.481 e. The monoisotopic (exact) mass is 343 g/mol. The van der Waals surface area contributed by atoms with Gasteiger partial charge in [0.1, 0.15) is 0 Å². The molecule has 0 rings (SSSR count). The van der Waals surface area contributed by atoms with Gasteiger partial charge in [-0.3, -0.25) is 14.4 Å². The van der Waals surface area contributed by atoms with Crippen molar-refractivity contribution in [3.05, 3.63) is 0 Å². The minimum absolute atomic E-state index is 0.418. The number of nitrogens with zero attached hydrogens (tertiary/aromatic N) is 2. The van der Waals surface area contributed by atoms with E-state index >= 15 is 0 Å². The molecule has 0 spiro atoms. The molecule has 0 heterocycles. The van der Waals surface area contributed by atoms with Crippen LogP contribution in [0.2, 0.25) is 0 Å². The fourth-order valence-corrected chi connectivity index (χ4v) is 0.650. The number of carboxylic acid groups (broad SMARTS) is 3. The molecule has 0 aromatic carbocycles. The molecule has 0 saturated carbocycles. The standard InChI is InChI=1S/C6H17N3O2.3C2H4O2/c1-2-8(10)5-6-9(11)4-3-7;3*1-2(3)4/h10-11H,2-7H2,1H3;3*1H3,(H,3,4). The molecule has 0 aliphatic heterocycles. The van der Waals surface area contributed by atoms with E-state index in [0.29, 0.717) is 32.7 Å². The van der Waals surface area contributed by atoms with Crippen molar-refractivity contribution in [2.45, 2.75) is 27.7 Å². The number of aliphatic carboxylic acids is 3. The number of nitrogens with two attached hydrogens (primary N) is 1. The molecule has 0 fully saturated rings. The zero-order chi connectivity index (χ0) is 19.4. The molecule has 0 saturated heterocycles. The van der Waals surface area contributed by atoms with Crippen molar-refractivity contribution in [3.8, 4) is 0 Å². The Kier molecular flexibility index (Phi) is 28.6. The first-order valence-electron chi connectivity index (χ1n) is 6.56. The van der Waals surface area contributed by atoms with Gasteiger partial charge in [-0.15, -0.1) is 0 Å². The lowest BCUT2D eigenvalue weighted by Crippen LogP contribution is -2.34. The van der Waals surface area contributed by atoms with Gasteiger partial charge in [0.25, 0.3) is 17.9 Å². The van der Waals surface area contributed by atoms with E-state index in [9.17, 15) is 0 Å². The van der Waals surface area contributed by atoms with Crippen LogP contribution in [0, 0.1) is 0 Å². The van der Waals surface area contributed by atoms with Crippen molar-refractivity contribution in [2.24, 2.45) is 5.73 Å². The fourth-order valence-electron chi connectivity index (χ4n) is 0.650. The Morgan fingerprint density at radius 2 is 1.04 bits per heavy atom. The van der Waals surface area contributed by atoms with E-state index in [1.54, 1.807) is 0 Å². The lowest BCUT2D eigenvalue weighted by molar-refractivity contribution is -0.135. The number of likely N-dealkylation sites (N-methyl/N-ethyl adjacent to an activating group) is 1. The number of carbonyl (C=O) groups is 3. The van der Waals surface area contributed by atoms with E-state index in [1.807, 2.05) is 6.92 Å². The Hall–Kier alpha value is -1.79. The van der Waals surface area contributed by atoms with Crippen LogP contribution in [-0.4, -0.2) is 86.5 Å². The van der Waals surface area contributed by atoms with Crippen molar-refractivity contribution in [2.75, 3.05) is 32.7 Å². The number of hydroxylamine groups is 4. The summed E-state index contributed by atoms with van der Waals surface area (Å²) >= 11 is 0. The van der Waals surface area contributed by atoms with Gasteiger partial charge in [-0.25, -0.2) is 0 Å². The molecule has 0 aromatic heterocycles. The molecule has 0 aromatic rings. The van der Waals surface area contributed by atoms with E-state index in [0.717, 1.165) is 30.9 Å². The van der Waals surface area contributed by atoms with Gasteiger partial charge >= 0.3 is 0 Å². The summed E-state index contributed by atoms with van der Waals surface area (Å²) in [6.45, 7) is 7.38. The van der Waals surface area contributed by atoms with Gasteiger partial charge in [0.15, 0.2) is 0 Å². The first-order chi connectivity index (χ1) is 10.4. The molecular weight excluding hydrogens is 314 g/mol. The molecule has 0 atom stereocenters. The topological polar surface area (TPSA) is 185 Å². The van der Waals surface area contributed by atoms with E-state index in [2.05, 4.69) is 0 Å². The fraction of sp³-hybridized carbons (Fsp3) is 0.750. The highest BCUT2D eigenvalue weighted by molar-refractivity contribution is 5.63. The average Bonchev–Trinajstić information content (AvgIpc) is 2.34. The normalized spacial score (nSPS) is 8.74. The molecule has 0 aliphatic carbocycles. The van der Waals surface area contributed by atoms with Crippen LogP contribution in [0.3, 0.4) is 0 Å². The molecule has 23 heavy (non-hydrogen) atoms. The third-order valence-electron chi connectivity index (χ3n) is 1.37. The smallest absolute Gasteiger partial charge is 0.300 e.